The van der Waals surface area contributed by atoms with Crippen LogP contribution in [0.25, 0.3) is 0 Å². The largest absolute Gasteiger partial charge is 0.480 e. The minimum atomic E-state index is -0.994. The first-order valence-electron chi connectivity index (χ1n) is 6.38. The van der Waals surface area contributed by atoms with Gasteiger partial charge in [-0.1, -0.05) is 41.9 Å². The molecule has 0 heterocycles. The van der Waals surface area contributed by atoms with E-state index in [9.17, 15) is 9.59 Å². The molecule has 108 valence electrons. The van der Waals surface area contributed by atoms with E-state index < -0.39 is 5.97 Å². The van der Waals surface area contributed by atoms with E-state index in [-0.39, 0.29) is 18.7 Å². The van der Waals surface area contributed by atoms with E-state index in [0.717, 1.165) is 5.56 Å². The van der Waals surface area contributed by atoms with Gasteiger partial charge in [-0.3, -0.25) is 9.59 Å². The molecule has 0 aliphatic rings. The van der Waals surface area contributed by atoms with Crippen LogP contribution in [0.1, 0.15) is 15.9 Å². The minimum absolute atomic E-state index is 0.114. The molecule has 0 radical (unpaired) electrons. The van der Waals surface area contributed by atoms with Crippen LogP contribution in [0.15, 0.2) is 48.5 Å². The van der Waals surface area contributed by atoms with Gasteiger partial charge in [-0.05, 0) is 23.8 Å². The maximum atomic E-state index is 12.4. The lowest BCUT2D eigenvalue weighted by atomic mass is 10.0. The first-order valence-corrected chi connectivity index (χ1v) is 6.76. The molecule has 0 amide bonds. The van der Waals surface area contributed by atoms with Crippen molar-refractivity contribution in [2.45, 2.75) is 6.42 Å². The summed E-state index contributed by atoms with van der Waals surface area (Å²) in [6, 6.07) is 14.1. The average molecular weight is 304 g/mol. The lowest BCUT2D eigenvalue weighted by Gasteiger charge is -2.10. The van der Waals surface area contributed by atoms with E-state index in [2.05, 4.69) is 5.32 Å². The van der Waals surface area contributed by atoms with Crippen molar-refractivity contribution in [1.82, 2.24) is 0 Å². The van der Waals surface area contributed by atoms with Gasteiger partial charge in [0, 0.05) is 22.7 Å². The van der Waals surface area contributed by atoms with Crippen LogP contribution >= 0.6 is 11.6 Å². The fourth-order valence-electron chi connectivity index (χ4n) is 1.95. The first-order chi connectivity index (χ1) is 10.1. The zero-order valence-electron chi connectivity index (χ0n) is 11.2. The van der Waals surface area contributed by atoms with Gasteiger partial charge in [-0.15, -0.1) is 0 Å². The molecule has 0 unspecified atom stereocenters. The highest BCUT2D eigenvalue weighted by atomic mass is 35.5. The highest BCUT2D eigenvalue weighted by Crippen LogP contribution is 2.22. The number of hydrogen-bond acceptors (Lipinski definition) is 3. The van der Waals surface area contributed by atoms with Gasteiger partial charge in [0.15, 0.2) is 5.78 Å². The third kappa shape index (κ3) is 4.33. The Kier molecular flexibility index (Phi) is 4.95. The molecule has 0 saturated carbocycles. The van der Waals surface area contributed by atoms with Gasteiger partial charge in [0.05, 0.1) is 0 Å². The monoisotopic (exact) mass is 303 g/mol. The van der Waals surface area contributed by atoms with Gasteiger partial charge in [-0.2, -0.15) is 0 Å². The fraction of sp³-hybridized carbons (Fsp3) is 0.125. The van der Waals surface area contributed by atoms with Crippen molar-refractivity contribution < 1.29 is 14.7 Å². The number of carboxylic acids is 1. The zero-order chi connectivity index (χ0) is 15.2. The summed E-state index contributed by atoms with van der Waals surface area (Å²) in [5.41, 5.74) is 1.77. The average Bonchev–Trinajstić information content (AvgIpc) is 2.46. The van der Waals surface area contributed by atoms with Crippen LogP contribution in [-0.2, 0) is 11.2 Å². The highest BCUT2D eigenvalue weighted by Gasteiger charge is 2.13. The molecule has 0 aliphatic heterocycles. The highest BCUT2D eigenvalue weighted by molar-refractivity contribution is 6.31. The van der Waals surface area contributed by atoms with Crippen molar-refractivity contribution in [3.05, 3.63) is 64.7 Å². The molecule has 0 bridgehead atoms. The summed E-state index contributed by atoms with van der Waals surface area (Å²) >= 11 is 5.93. The predicted molar refractivity (Wildman–Crippen MR) is 82.1 cm³/mol. The summed E-state index contributed by atoms with van der Waals surface area (Å²) in [7, 11) is 0. The SMILES string of the molecule is O=C(O)CNc1ccc(Cl)cc1C(=O)Cc1ccccc1. The molecule has 0 aromatic heterocycles. The maximum Gasteiger partial charge on any atom is 0.322 e. The molecule has 2 aromatic rings. The fourth-order valence-corrected chi connectivity index (χ4v) is 2.12. The molecule has 2 rings (SSSR count). The van der Waals surface area contributed by atoms with E-state index in [4.69, 9.17) is 16.7 Å². The quantitative estimate of drug-likeness (QED) is 0.804. The normalized spacial score (nSPS) is 10.1. The first kappa shape index (κ1) is 15.1. The van der Waals surface area contributed by atoms with Crippen LogP contribution in [0.5, 0.6) is 0 Å². The standard InChI is InChI=1S/C16H14ClNO3/c17-12-6-7-14(18-10-16(20)21)13(9-12)15(19)8-11-4-2-1-3-5-11/h1-7,9,18H,8,10H2,(H,20,21). The lowest BCUT2D eigenvalue weighted by Crippen LogP contribution is -2.15. The van der Waals surface area contributed by atoms with Crippen LogP contribution in [0.4, 0.5) is 5.69 Å². The number of carbonyl (C=O) groups excluding carboxylic acids is 1. The number of hydrogen-bond donors (Lipinski definition) is 2. The molecular formula is C16H14ClNO3. The van der Waals surface area contributed by atoms with E-state index in [1.54, 1.807) is 18.2 Å². The van der Waals surface area contributed by atoms with Gasteiger partial charge in [-0.25, -0.2) is 0 Å². The molecule has 0 aliphatic carbocycles. The Morgan fingerprint density at radius 2 is 1.81 bits per heavy atom. The molecule has 0 fully saturated rings. The number of carbonyl (C=O) groups is 2. The Morgan fingerprint density at radius 1 is 1.10 bits per heavy atom. The predicted octanol–water partition coefficient (Wildman–Crippen LogP) is 3.26. The van der Waals surface area contributed by atoms with E-state index >= 15 is 0 Å². The molecule has 2 N–H and O–H groups in total. The van der Waals surface area contributed by atoms with Crippen LogP contribution < -0.4 is 5.32 Å². The van der Waals surface area contributed by atoms with Crippen molar-refractivity contribution >= 4 is 29.0 Å². The van der Waals surface area contributed by atoms with E-state index in [0.29, 0.717) is 16.3 Å². The van der Waals surface area contributed by atoms with Crippen molar-refractivity contribution in [3.63, 3.8) is 0 Å². The lowest BCUT2D eigenvalue weighted by molar-refractivity contribution is -0.134. The Hall–Kier alpha value is -2.33. The van der Waals surface area contributed by atoms with Crippen molar-refractivity contribution in [3.8, 4) is 0 Å². The summed E-state index contributed by atoms with van der Waals surface area (Å²) in [4.78, 5) is 23.0. The second-order valence-corrected chi connectivity index (χ2v) is 4.96. The number of rotatable bonds is 6. The molecule has 5 heteroatoms. The molecular weight excluding hydrogens is 290 g/mol. The minimum Gasteiger partial charge on any atom is -0.480 e. The van der Waals surface area contributed by atoms with Crippen LogP contribution in [0.3, 0.4) is 0 Å². The summed E-state index contributed by atoms with van der Waals surface area (Å²) < 4.78 is 0. The Bertz CT molecular complexity index is 656. The number of ketones is 1. The van der Waals surface area contributed by atoms with Crippen LogP contribution in [0, 0.1) is 0 Å². The Balaban J connectivity index is 2.22. The van der Waals surface area contributed by atoms with Crippen molar-refractivity contribution in [2.75, 3.05) is 11.9 Å². The van der Waals surface area contributed by atoms with Gasteiger partial charge in [0.1, 0.15) is 6.54 Å². The van der Waals surface area contributed by atoms with Gasteiger partial charge in [0.25, 0.3) is 0 Å². The number of nitrogens with one attached hydrogen (secondary N) is 1. The van der Waals surface area contributed by atoms with Gasteiger partial charge in [0.2, 0.25) is 0 Å². The number of anilines is 1. The number of benzene rings is 2. The van der Waals surface area contributed by atoms with E-state index in [1.165, 1.54) is 0 Å². The second-order valence-electron chi connectivity index (χ2n) is 4.52. The second kappa shape index (κ2) is 6.90. The molecule has 0 saturated heterocycles. The smallest absolute Gasteiger partial charge is 0.322 e. The Morgan fingerprint density at radius 3 is 2.48 bits per heavy atom. The summed E-state index contributed by atoms with van der Waals surface area (Å²) in [5.74, 6) is -1.11. The number of Topliss-reactive ketones (excluding diaryl/α,β-unsaturated/α-hetero) is 1. The van der Waals surface area contributed by atoms with E-state index in [1.807, 2.05) is 30.3 Å². The molecule has 0 spiro atoms. The van der Waals surface area contributed by atoms with Gasteiger partial charge < -0.3 is 10.4 Å². The molecule has 4 nitrogen and oxygen atoms in total. The summed E-state index contributed by atoms with van der Waals surface area (Å²) in [5, 5.41) is 11.9. The van der Waals surface area contributed by atoms with Crippen LogP contribution in [0.2, 0.25) is 5.02 Å². The third-order valence-electron chi connectivity index (χ3n) is 2.92. The zero-order valence-corrected chi connectivity index (χ0v) is 11.9. The number of aliphatic carboxylic acids is 1. The summed E-state index contributed by atoms with van der Waals surface area (Å²) in [6.07, 6.45) is 0.239. The maximum absolute atomic E-state index is 12.4. The van der Waals surface area contributed by atoms with Crippen molar-refractivity contribution in [1.29, 1.82) is 0 Å². The third-order valence-corrected chi connectivity index (χ3v) is 3.15. The molecule has 21 heavy (non-hydrogen) atoms. The topological polar surface area (TPSA) is 66.4 Å². The van der Waals surface area contributed by atoms with Crippen molar-refractivity contribution in [2.24, 2.45) is 0 Å². The summed E-state index contributed by atoms with van der Waals surface area (Å²) in [6.45, 7) is -0.257. The Labute approximate surface area is 127 Å². The molecule has 2 aromatic carbocycles. The van der Waals surface area contributed by atoms with Crippen LogP contribution in [-0.4, -0.2) is 23.4 Å². The number of carboxylic acid groups (broad SMARTS) is 1. The number of halogens is 1. The van der Waals surface area contributed by atoms with Gasteiger partial charge >= 0.3 is 5.97 Å². The molecule has 0 atom stereocenters.